The Bertz CT molecular complexity index is 284. The predicted octanol–water partition coefficient (Wildman–Crippen LogP) is 1.92. The molecule has 3 nitrogen and oxygen atoms in total. The molecule has 0 N–H and O–H groups in total. The lowest BCUT2D eigenvalue weighted by Crippen LogP contribution is -2.41. The molecule has 0 aromatic carbocycles. The number of nitrogens with zero attached hydrogens (tertiary/aromatic N) is 1. The van der Waals surface area contributed by atoms with Crippen molar-refractivity contribution in [2.75, 3.05) is 13.1 Å². The van der Waals surface area contributed by atoms with Crippen molar-refractivity contribution < 1.29 is 9.31 Å². The van der Waals surface area contributed by atoms with E-state index in [4.69, 9.17) is 9.31 Å². The summed E-state index contributed by atoms with van der Waals surface area (Å²) >= 11 is 0. The molecule has 4 heteroatoms. The highest BCUT2D eigenvalue weighted by molar-refractivity contribution is 6.55. The minimum Gasteiger partial charge on any atom is -0.392 e. The molecule has 1 aliphatic rings. The second-order valence-corrected chi connectivity index (χ2v) is 5.02. The number of hydrogen-bond acceptors (Lipinski definition) is 3. The van der Waals surface area contributed by atoms with E-state index in [0.29, 0.717) is 0 Å². The summed E-state index contributed by atoms with van der Waals surface area (Å²) in [5, 5.41) is 0. The Morgan fingerprint density at radius 3 is 1.81 bits per heavy atom. The van der Waals surface area contributed by atoms with E-state index in [1.165, 1.54) is 0 Å². The van der Waals surface area contributed by atoms with E-state index in [1.54, 1.807) is 0 Å². The summed E-state index contributed by atoms with van der Waals surface area (Å²) in [5.41, 5.74) is -0.592. The molecule has 0 saturated carbocycles. The highest BCUT2D eigenvalue weighted by Gasteiger charge is 2.50. The first-order valence-electron chi connectivity index (χ1n) is 5.94. The second kappa shape index (κ2) is 4.69. The summed E-state index contributed by atoms with van der Waals surface area (Å²) in [7, 11) is -0.411. The SMILES string of the molecule is CCN(C#CB1OC(C)(C)C(C)(C)O1)CC. The lowest BCUT2D eigenvalue weighted by Gasteiger charge is -2.32. The van der Waals surface area contributed by atoms with Crippen LogP contribution in [0.3, 0.4) is 0 Å². The average Bonchev–Trinajstić information content (AvgIpc) is 2.37. The molecule has 1 heterocycles. The molecule has 16 heavy (non-hydrogen) atoms. The van der Waals surface area contributed by atoms with Crippen LogP contribution in [0.1, 0.15) is 41.5 Å². The lowest BCUT2D eigenvalue weighted by atomic mass is 9.90. The van der Waals surface area contributed by atoms with Gasteiger partial charge in [-0.05, 0) is 41.5 Å². The van der Waals surface area contributed by atoms with Gasteiger partial charge in [0, 0.05) is 19.1 Å². The second-order valence-electron chi connectivity index (χ2n) is 5.02. The normalized spacial score (nSPS) is 21.5. The molecule has 0 atom stereocenters. The van der Waals surface area contributed by atoms with Gasteiger partial charge in [0.25, 0.3) is 0 Å². The van der Waals surface area contributed by atoms with E-state index in [2.05, 4.69) is 25.7 Å². The molecule has 0 bridgehead atoms. The first kappa shape index (κ1) is 13.4. The van der Waals surface area contributed by atoms with Gasteiger partial charge in [-0.1, -0.05) is 5.82 Å². The summed E-state index contributed by atoms with van der Waals surface area (Å²) in [6, 6.07) is 3.07. The van der Waals surface area contributed by atoms with E-state index in [0.717, 1.165) is 13.1 Å². The topological polar surface area (TPSA) is 21.7 Å². The van der Waals surface area contributed by atoms with Crippen molar-refractivity contribution in [3.05, 3.63) is 0 Å². The Morgan fingerprint density at radius 1 is 1.00 bits per heavy atom. The zero-order chi connectivity index (χ0) is 12.4. The summed E-state index contributed by atoms with van der Waals surface area (Å²) in [6.45, 7) is 14.1. The third-order valence-electron chi connectivity index (χ3n) is 3.36. The number of hydrogen-bond donors (Lipinski definition) is 0. The summed E-state index contributed by atoms with van der Waals surface area (Å²) < 4.78 is 11.6. The first-order valence-corrected chi connectivity index (χ1v) is 5.94. The Labute approximate surface area is 99.6 Å². The summed E-state index contributed by atoms with van der Waals surface area (Å²) in [6.07, 6.45) is 0. The monoisotopic (exact) mass is 223 g/mol. The van der Waals surface area contributed by atoms with Crippen LogP contribution in [-0.2, 0) is 9.31 Å². The third kappa shape index (κ3) is 2.72. The van der Waals surface area contributed by atoms with Crippen LogP contribution in [0, 0.1) is 11.9 Å². The highest BCUT2D eigenvalue weighted by atomic mass is 16.7. The van der Waals surface area contributed by atoms with Crippen LogP contribution in [0.4, 0.5) is 0 Å². The van der Waals surface area contributed by atoms with Crippen LogP contribution in [-0.4, -0.2) is 36.3 Å². The standard InChI is InChI=1S/C12H22BNO2/c1-7-14(8-2)10-9-13-15-11(3,4)12(5,6)16-13/h7-8H2,1-6H3. The zero-order valence-corrected chi connectivity index (χ0v) is 11.3. The van der Waals surface area contributed by atoms with Gasteiger partial charge in [0.2, 0.25) is 0 Å². The van der Waals surface area contributed by atoms with Crippen LogP contribution in [0.5, 0.6) is 0 Å². The molecule has 0 spiro atoms. The Balaban J connectivity index is 2.67. The molecular formula is C12H22BNO2. The van der Waals surface area contributed by atoms with E-state index < -0.39 is 7.12 Å². The molecule has 0 aromatic rings. The molecule has 1 fully saturated rings. The van der Waals surface area contributed by atoms with Crippen LogP contribution < -0.4 is 0 Å². The van der Waals surface area contributed by atoms with E-state index >= 15 is 0 Å². The van der Waals surface area contributed by atoms with Gasteiger partial charge in [0.05, 0.1) is 11.2 Å². The van der Waals surface area contributed by atoms with Gasteiger partial charge in [-0.3, -0.25) is 0 Å². The van der Waals surface area contributed by atoms with E-state index in [1.807, 2.05) is 32.6 Å². The smallest absolute Gasteiger partial charge is 0.392 e. The minimum atomic E-state index is -0.411. The Morgan fingerprint density at radius 2 is 1.44 bits per heavy atom. The third-order valence-corrected chi connectivity index (χ3v) is 3.36. The molecule has 1 rings (SSSR count). The average molecular weight is 223 g/mol. The van der Waals surface area contributed by atoms with Crippen molar-refractivity contribution in [2.45, 2.75) is 52.7 Å². The molecule has 0 unspecified atom stereocenters. The fourth-order valence-electron chi connectivity index (χ4n) is 1.43. The molecule has 0 aliphatic carbocycles. The maximum atomic E-state index is 5.78. The highest BCUT2D eigenvalue weighted by Crippen LogP contribution is 2.36. The molecule has 0 aromatic heterocycles. The Hall–Kier alpha value is -0.655. The lowest BCUT2D eigenvalue weighted by molar-refractivity contribution is 0.00578. The number of rotatable bonds is 2. The van der Waals surface area contributed by atoms with Gasteiger partial charge >= 0.3 is 7.12 Å². The van der Waals surface area contributed by atoms with Crippen LogP contribution >= 0.6 is 0 Å². The minimum absolute atomic E-state index is 0.296. The summed E-state index contributed by atoms with van der Waals surface area (Å²) in [4.78, 5) is 2.03. The van der Waals surface area contributed by atoms with Gasteiger partial charge in [0.1, 0.15) is 0 Å². The van der Waals surface area contributed by atoms with Crippen LogP contribution in [0.25, 0.3) is 0 Å². The summed E-state index contributed by atoms with van der Waals surface area (Å²) in [5.74, 6) is 3.03. The molecule has 1 saturated heterocycles. The quantitative estimate of drug-likeness (QED) is 0.405. The van der Waals surface area contributed by atoms with E-state index in [-0.39, 0.29) is 11.2 Å². The molecule has 1 aliphatic heterocycles. The molecule has 0 radical (unpaired) electrons. The maximum absolute atomic E-state index is 5.78. The van der Waals surface area contributed by atoms with Crippen molar-refractivity contribution in [3.8, 4) is 11.9 Å². The predicted molar refractivity (Wildman–Crippen MR) is 66.8 cm³/mol. The van der Waals surface area contributed by atoms with Crippen molar-refractivity contribution in [1.29, 1.82) is 0 Å². The fraction of sp³-hybridized carbons (Fsp3) is 0.833. The molecule has 90 valence electrons. The van der Waals surface area contributed by atoms with Crippen molar-refractivity contribution in [2.24, 2.45) is 0 Å². The van der Waals surface area contributed by atoms with Gasteiger partial charge in [-0.25, -0.2) is 0 Å². The maximum Gasteiger partial charge on any atom is 0.552 e. The van der Waals surface area contributed by atoms with Crippen LogP contribution in [0.2, 0.25) is 0 Å². The van der Waals surface area contributed by atoms with Gasteiger partial charge in [0.15, 0.2) is 0 Å². The zero-order valence-electron chi connectivity index (χ0n) is 11.3. The first-order chi connectivity index (χ1) is 7.32. The van der Waals surface area contributed by atoms with Gasteiger partial charge < -0.3 is 14.2 Å². The largest absolute Gasteiger partial charge is 0.552 e. The van der Waals surface area contributed by atoms with Crippen molar-refractivity contribution >= 4 is 7.12 Å². The Kier molecular flexibility index (Phi) is 3.93. The molecular weight excluding hydrogens is 201 g/mol. The van der Waals surface area contributed by atoms with Gasteiger partial charge in [-0.2, -0.15) is 0 Å². The van der Waals surface area contributed by atoms with Gasteiger partial charge in [-0.15, -0.1) is 0 Å². The van der Waals surface area contributed by atoms with Crippen LogP contribution in [0.15, 0.2) is 0 Å². The van der Waals surface area contributed by atoms with Crippen molar-refractivity contribution in [3.63, 3.8) is 0 Å². The van der Waals surface area contributed by atoms with Crippen molar-refractivity contribution in [1.82, 2.24) is 4.90 Å². The fourth-order valence-corrected chi connectivity index (χ4v) is 1.43. The molecule has 0 amide bonds. The van der Waals surface area contributed by atoms with E-state index in [9.17, 15) is 0 Å².